The molecular weight excluding hydrogens is 248 g/mol. The van der Waals surface area contributed by atoms with E-state index >= 15 is 0 Å². The number of sulfonamides is 1. The van der Waals surface area contributed by atoms with Gasteiger partial charge in [-0.05, 0) is 43.4 Å². The third-order valence-corrected chi connectivity index (χ3v) is 4.39. The van der Waals surface area contributed by atoms with Gasteiger partial charge < -0.3 is 5.32 Å². The van der Waals surface area contributed by atoms with E-state index in [0.717, 1.165) is 18.5 Å². The fourth-order valence-corrected chi connectivity index (χ4v) is 3.14. The first-order valence-corrected chi connectivity index (χ1v) is 7.91. The second-order valence-corrected chi connectivity index (χ2v) is 6.39. The Morgan fingerprint density at radius 2 is 2.06 bits per heavy atom. The summed E-state index contributed by atoms with van der Waals surface area (Å²) in [6.45, 7) is 2.97. The maximum absolute atomic E-state index is 11.5. The van der Waals surface area contributed by atoms with E-state index < -0.39 is 10.0 Å². The van der Waals surface area contributed by atoms with Crippen molar-refractivity contribution < 1.29 is 8.42 Å². The molecule has 0 amide bonds. The van der Waals surface area contributed by atoms with Crippen molar-refractivity contribution in [2.75, 3.05) is 6.54 Å². The second kappa shape index (κ2) is 5.38. The van der Waals surface area contributed by atoms with Gasteiger partial charge >= 0.3 is 0 Å². The van der Waals surface area contributed by atoms with Crippen LogP contribution in [-0.4, -0.2) is 21.0 Å². The van der Waals surface area contributed by atoms with Crippen molar-refractivity contribution in [2.24, 2.45) is 11.1 Å². The van der Waals surface area contributed by atoms with Gasteiger partial charge in [-0.2, -0.15) is 0 Å². The molecule has 0 saturated heterocycles. The Kier molecular flexibility index (Phi) is 4.04. The molecule has 4 nitrogen and oxygen atoms in total. The van der Waals surface area contributed by atoms with Crippen LogP contribution in [0.5, 0.6) is 0 Å². The molecule has 0 spiro atoms. The Bertz CT molecular complexity index is 509. The van der Waals surface area contributed by atoms with Crippen LogP contribution in [0.2, 0.25) is 0 Å². The van der Waals surface area contributed by atoms with Gasteiger partial charge in [-0.15, -0.1) is 0 Å². The molecule has 3 N–H and O–H groups in total. The molecule has 0 radical (unpaired) electrons. The van der Waals surface area contributed by atoms with E-state index in [1.54, 1.807) is 12.1 Å². The number of nitrogens with two attached hydrogens (primary N) is 1. The van der Waals surface area contributed by atoms with Crippen LogP contribution < -0.4 is 10.5 Å². The number of likely N-dealkylation sites (N-methyl/N-ethyl adjacent to an activating group) is 1. The third-order valence-electron chi connectivity index (χ3n) is 3.38. The zero-order chi connectivity index (χ0) is 13.2. The molecule has 0 bridgehead atoms. The van der Waals surface area contributed by atoms with Gasteiger partial charge in [-0.25, -0.2) is 13.6 Å². The number of hydrogen-bond acceptors (Lipinski definition) is 3. The maximum atomic E-state index is 11.5. The van der Waals surface area contributed by atoms with Crippen LogP contribution in [0.4, 0.5) is 0 Å². The molecule has 100 valence electrons. The average Bonchev–Trinajstić information content (AvgIpc) is 3.11. The SMILES string of the molecule is CCNC(Cc1ccccc1S(N)(=O)=O)C1CC1. The van der Waals surface area contributed by atoms with E-state index in [9.17, 15) is 8.42 Å². The first-order chi connectivity index (χ1) is 8.52. The Labute approximate surface area is 109 Å². The predicted molar refractivity (Wildman–Crippen MR) is 71.7 cm³/mol. The fourth-order valence-electron chi connectivity index (χ4n) is 2.35. The Morgan fingerprint density at radius 3 is 2.61 bits per heavy atom. The largest absolute Gasteiger partial charge is 0.314 e. The summed E-state index contributed by atoms with van der Waals surface area (Å²) in [6.07, 6.45) is 3.19. The minimum Gasteiger partial charge on any atom is -0.314 e. The highest BCUT2D eigenvalue weighted by atomic mass is 32.2. The van der Waals surface area contributed by atoms with Crippen LogP contribution in [0, 0.1) is 5.92 Å². The fraction of sp³-hybridized carbons (Fsp3) is 0.538. The molecule has 1 aliphatic rings. The monoisotopic (exact) mass is 268 g/mol. The molecule has 0 heterocycles. The summed E-state index contributed by atoms with van der Waals surface area (Å²) < 4.78 is 23.1. The topological polar surface area (TPSA) is 72.2 Å². The van der Waals surface area contributed by atoms with E-state index in [2.05, 4.69) is 12.2 Å². The Morgan fingerprint density at radius 1 is 1.39 bits per heavy atom. The normalized spacial score (nSPS) is 17.7. The summed E-state index contributed by atoms with van der Waals surface area (Å²) in [5, 5.41) is 8.69. The van der Waals surface area contributed by atoms with Crippen molar-refractivity contribution in [1.82, 2.24) is 5.32 Å². The molecule has 2 rings (SSSR count). The Hall–Kier alpha value is -0.910. The van der Waals surface area contributed by atoms with Gasteiger partial charge in [0.15, 0.2) is 0 Å². The molecule has 1 unspecified atom stereocenters. The van der Waals surface area contributed by atoms with Gasteiger partial charge in [0, 0.05) is 6.04 Å². The van der Waals surface area contributed by atoms with Crippen LogP contribution in [0.15, 0.2) is 29.2 Å². The van der Waals surface area contributed by atoms with Crippen LogP contribution in [0.25, 0.3) is 0 Å². The number of rotatable bonds is 6. The van der Waals surface area contributed by atoms with Gasteiger partial charge in [0.1, 0.15) is 0 Å². The Balaban J connectivity index is 2.22. The summed E-state index contributed by atoms with van der Waals surface area (Å²) in [4.78, 5) is 0.258. The van der Waals surface area contributed by atoms with Crippen LogP contribution in [0.3, 0.4) is 0 Å². The summed E-state index contributed by atoms with van der Waals surface area (Å²) in [7, 11) is -3.63. The lowest BCUT2D eigenvalue weighted by atomic mass is 10.0. The third kappa shape index (κ3) is 3.31. The second-order valence-electron chi connectivity index (χ2n) is 4.86. The highest BCUT2D eigenvalue weighted by Crippen LogP contribution is 2.34. The molecule has 18 heavy (non-hydrogen) atoms. The van der Waals surface area contributed by atoms with E-state index in [4.69, 9.17) is 5.14 Å². The summed E-state index contributed by atoms with van der Waals surface area (Å²) in [5.41, 5.74) is 0.817. The zero-order valence-corrected chi connectivity index (χ0v) is 11.4. The molecule has 1 saturated carbocycles. The minimum absolute atomic E-state index is 0.258. The summed E-state index contributed by atoms with van der Waals surface area (Å²) in [5.74, 6) is 0.679. The average molecular weight is 268 g/mol. The number of hydrogen-bond donors (Lipinski definition) is 2. The van der Waals surface area contributed by atoms with Crippen LogP contribution >= 0.6 is 0 Å². The van der Waals surface area contributed by atoms with E-state index in [-0.39, 0.29) is 4.90 Å². The first-order valence-electron chi connectivity index (χ1n) is 6.36. The van der Waals surface area contributed by atoms with Gasteiger partial charge in [-0.1, -0.05) is 25.1 Å². The first kappa shape index (κ1) is 13.5. The molecule has 1 atom stereocenters. The molecule has 1 aromatic rings. The molecule has 5 heteroatoms. The quantitative estimate of drug-likeness (QED) is 0.816. The highest BCUT2D eigenvalue weighted by molar-refractivity contribution is 7.89. The van der Waals surface area contributed by atoms with E-state index in [1.807, 2.05) is 12.1 Å². The summed E-state index contributed by atoms with van der Waals surface area (Å²) in [6, 6.07) is 7.37. The number of benzene rings is 1. The predicted octanol–water partition coefficient (Wildman–Crippen LogP) is 1.26. The van der Waals surface area contributed by atoms with Gasteiger partial charge in [0.05, 0.1) is 4.90 Å². The standard InChI is InChI=1S/C13H20N2O2S/c1-2-15-12(10-7-8-10)9-11-5-3-4-6-13(11)18(14,16)17/h3-6,10,12,15H,2,7-9H2,1H3,(H2,14,16,17). The maximum Gasteiger partial charge on any atom is 0.238 e. The smallest absolute Gasteiger partial charge is 0.238 e. The van der Waals surface area contributed by atoms with E-state index in [0.29, 0.717) is 12.0 Å². The van der Waals surface area contributed by atoms with Crippen LogP contribution in [-0.2, 0) is 16.4 Å². The lowest BCUT2D eigenvalue weighted by Crippen LogP contribution is -2.33. The van der Waals surface area contributed by atoms with Crippen molar-refractivity contribution in [3.8, 4) is 0 Å². The van der Waals surface area contributed by atoms with Crippen molar-refractivity contribution in [3.05, 3.63) is 29.8 Å². The van der Waals surface area contributed by atoms with Crippen molar-refractivity contribution in [2.45, 2.75) is 37.1 Å². The van der Waals surface area contributed by atoms with Crippen LogP contribution in [0.1, 0.15) is 25.3 Å². The highest BCUT2D eigenvalue weighted by Gasteiger charge is 2.31. The van der Waals surface area contributed by atoms with Crippen molar-refractivity contribution in [1.29, 1.82) is 0 Å². The van der Waals surface area contributed by atoms with Gasteiger partial charge in [0.25, 0.3) is 0 Å². The molecule has 0 aromatic heterocycles. The van der Waals surface area contributed by atoms with E-state index in [1.165, 1.54) is 12.8 Å². The molecule has 0 aliphatic heterocycles. The molecule has 1 fully saturated rings. The van der Waals surface area contributed by atoms with Gasteiger partial charge in [-0.3, -0.25) is 0 Å². The molecule has 1 aliphatic carbocycles. The van der Waals surface area contributed by atoms with Gasteiger partial charge in [0.2, 0.25) is 10.0 Å². The lowest BCUT2D eigenvalue weighted by Gasteiger charge is -2.18. The molecule has 1 aromatic carbocycles. The lowest BCUT2D eigenvalue weighted by molar-refractivity contribution is 0.469. The zero-order valence-electron chi connectivity index (χ0n) is 10.6. The number of primary sulfonamides is 1. The van der Waals surface area contributed by atoms with Crippen molar-refractivity contribution in [3.63, 3.8) is 0 Å². The number of nitrogens with one attached hydrogen (secondary N) is 1. The summed E-state index contributed by atoms with van der Waals surface area (Å²) >= 11 is 0. The van der Waals surface area contributed by atoms with Crippen molar-refractivity contribution >= 4 is 10.0 Å². The molecular formula is C13H20N2O2S. The minimum atomic E-state index is -3.63.